The summed E-state index contributed by atoms with van der Waals surface area (Å²) in [4.78, 5) is 6.91. The number of imidazole rings is 1. The van der Waals surface area contributed by atoms with Crippen molar-refractivity contribution >= 4 is 10.0 Å². The lowest BCUT2D eigenvalue weighted by molar-refractivity contribution is 0.177. The van der Waals surface area contributed by atoms with Crippen LogP contribution in [0.15, 0.2) is 11.2 Å². The minimum atomic E-state index is -3.46. The second kappa shape index (κ2) is 5.38. The summed E-state index contributed by atoms with van der Waals surface area (Å²) in [5.74, 6) is 0.691. The van der Waals surface area contributed by atoms with Crippen LogP contribution in [0.1, 0.15) is 25.6 Å². The molecule has 1 aromatic rings. The van der Waals surface area contributed by atoms with Gasteiger partial charge in [0, 0.05) is 26.1 Å². The average molecular weight is 273 g/mol. The summed E-state index contributed by atoms with van der Waals surface area (Å²) in [7, 11) is -1.89. The number of sulfonamides is 1. The highest BCUT2D eigenvalue weighted by molar-refractivity contribution is 7.89. The smallest absolute Gasteiger partial charge is 0.260 e. The van der Waals surface area contributed by atoms with E-state index in [1.165, 1.54) is 10.5 Å². The van der Waals surface area contributed by atoms with Crippen molar-refractivity contribution in [2.24, 2.45) is 0 Å². The number of nitrogens with one attached hydrogen (secondary N) is 1. The van der Waals surface area contributed by atoms with Crippen LogP contribution < -0.4 is 0 Å². The maximum atomic E-state index is 12.4. The molecule has 0 aromatic carbocycles. The fourth-order valence-corrected chi connectivity index (χ4v) is 3.43. The summed E-state index contributed by atoms with van der Waals surface area (Å²) in [6, 6.07) is 0.124. The molecule has 0 unspecified atom stereocenters. The first-order valence-electron chi connectivity index (χ1n) is 6.14. The number of ether oxygens (including phenoxy) is 1. The highest BCUT2D eigenvalue weighted by Crippen LogP contribution is 2.31. The molecule has 1 N–H and O–H groups in total. The zero-order valence-corrected chi connectivity index (χ0v) is 11.5. The fraction of sp³-hybridized carbons (Fsp3) is 0.727. The SMILES string of the molecule is CCc1ncc(S(=O)(=O)N(CCOC)C2CC2)[nH]1. The van der Waals surface area contributed by atoms with Gasteiger partial charge in [0.15, 0.2) is 5.03 Å². The van der Waals surface area contributed by atoms with E-state index in [1.807, 2.05) is 6.92 Å². The molecule has 0 saturated heterocycles. The Kier molecular flexibility index (Phi) is 4.04. The Labute approximate surface area is 107 Å². The molecule has 1 heterocycles. The molecule has 6 nitrogen and oxygen atoms in total. The number of hydrogen-bond donors (Lipinski definition) is 1. The minimum Gasteiger partial charge on any atom is -0.383 e. The van der Waals surface area contributed by atoms with Crippen molar-refractivity contribution in [3.8, 4) is 0 Å². The van der Waals surface area contributed by atoms with Gasteiger partial charge in [-0.1, -0.05) is 6.92 Å². The van der Waals surface area contributed by atoms with Crippen LogP contribution in [0.5, 0.6) is 0 Å². The third kappa shape index (κ3) is 2.73. The van der Waals surface area contributed by atoms with Crippen LogP contribution in [0, 0.1) is 0 Å². The van der Waals surface area contributed by atoms with E-state index in [0.717, 1.165) is 12.8 Å². The van der Waals surface area contributed by atoms with Crippen molar-refractivity contribution in [2.75, 3.05) is 20.3 Å². The number of hydrogen-bond acceptors (Lipinski definition) is 4. The van der Waals surface area contributed by atoms with Gasteiger partial charge in [-0.2, -0.15) is 4.31 Å². The Balaban J connectivity index is 2.21. The summed E-state index contributed by atoms with van der Waals surface area (Å²) in [5.41, 5.74) is 0. The van der Waals surface area contributed by atoms with Gasteiger partial charge in [0.05, 0.1) is 12.8 Å². The molecule has 1 aromatic heterocycles. The van der Waals surface area contributed by atoms with Crippen LogP contribution >= 0.6 is 0 Å². The monoisotopic (exact) mass is 273 g/mol. The van der Waals surface area contributed by atoms with Crippen LogP contribution in [-0.2, 0) is 21.2 Å². The maximum Gasteiger partial charge on any atom is 0.260 e. The van der Waals surface area contributed by atoms with E-state index in [-0.39, 0.29) is 11.1 Å². The Morgan fingerprint density at radius 3 is 2.78 bits per heavy atom. The first-order chi connectivity index (χ1) is 8.59. The Bertz CT molecular complexity index is 493. The lowest BCUT2D eigenvalue weighted by Gasteiger charge is -2.20. The van der Waals surface area contributed by atoms with Gasteiger partial charge in [0.1, 0.15) is 5.82 Å². The quantitative estimate of drug-likeness (QED) is 0.796. The van der Waals surface area contributed by atoms with Crippen molar-refractivity contribution < 1.29 is 13.2 Å². The van der Waals surface area contributed by atoms with E-state index in [9.17, 15) is 8.42 Å². The van der Waals surface area contributed by atoms with E-state index < -0.39 is 10.0 Å². The molecule has 1 fully saturated rings. The molecule has 1 aliphatic carbocycles. The minimum absolute atomic E-state index is 0.124. The van der Waals surface area contributed by atoms with E-state index in [2.05, 4.69) is 9.97 Å². The topological polar surface area (TPSA) is 75.3 Å². The predicted octanol–water partition coefficient (Wildman–Crippen LogP) is 0.772. The summed E-state index contributed by atoms with van der Waals surface area (Å²) in [6.07, 6.45) is 3.95. The van der Waals surface area contributed by atoms with Gasteiger partial charge in [-0.05, 0) is 12.8 Å². The highest BCUT2D eigenvalue weighted by atomic mass is 32.2. The van der Waals surface area contributed by atoms with Gasteiger partial charge in [0.25, 0.3) is 10.0 Å². The lowest BCUT2D eigenvalue weighted by atomic mass is 10.5. The van der Waals surface area contributed by atoms with Gasteiger partial charge in [-0.25, -0.2) is 13.4 Å². The first kappa shape index (κ1) is 13.5. The summed E-state index contributed by atoms with van der Waals surface area (Å²) >= 11 is 0. The van der Waals surface area contributed by atoms with Crippen LogP contribution in [0.4, 0.5) is 0 Å². The van der Waals surface area contributed by atoms with Crippen molar-refractivity contribution in [1.29, 1.82) is 0 Å². The number of aromatic amines is 1. The molecular weight excluding hydrogens is 254 g/mol. The number of aromatic nitrogens is 2. The van der Waals surface area contributed by atoms with E-state index in [1.54, 1.807) is 7.11 Å². The molecule has 0 amide bonds. The molecule has 7 heteroatoms. The molecule has 102 valence electrons. The van der Waals surface area contributed by atoms with Gasteiger partial charge in [-0.3, -0.25) is 0 Å². The van der Waals surface area contributed by atoms with Crippen molar-refractivity contribution in [3.05, 3.63) is 12.0 Å². The van der Waals surface area contributed by atoms with Crippen molar-refractivity contribution in [3.63, 3.8) is 0 Å². The van der Waals surface area contributed by atoms with Gasteiger partial charge < -0.3 is 9.72 Å². The number of H-pyrrole nitrogens is 1. The maximum absolute atomic E-state index is 12.4. The Morgan fingerprint density at radius 1 is 1.56 bits per heavy atom. The molecule has 0 spiro atoms. The molecule has 2 rings (SSSR count). The lowest BCUT2D eigenvalue weighted by Crippen LogP contribution is -2.36. The zero-order chi connectivity index (χ0) is 13.2. The molecule has 18 heavy (non-hydrogen) atoms. The largest absolute Gasteiger partial charge is 0.383 e. The zero-order valence-electron chi connectivity index (χ0n) is 10.7. The normalized spacial score (nSPS) is 16.4. The van der Waals surface area contributed by atoms with Crippen LogP contribution in [0.25, 0.3) is 0 Å². The van der Waals surface area contributed by atoms with Gasteiger partial charge in [-0.15, -0.1) is 0 Å². The molecular formula is C11H19N3O3S. The van der Waals surface area contributed by atoms with Gasteiger partial charge >= 0.3 is 0 Å². The van der Waals surface area contributed by atoms with Crippen molar-refractivity contribution in [1.82, 2.24) is 14.3 Å². The molecule has 0 bridgehead atoms. The number of nitrogens with zero attached hydrogens (tertiary/aromatic N) is 2. The average Bonchev–Trinajstić information content (AvgIpc) is 3.05. The first-order valence-corrected chi connectivity index (χ1v) is 7.58. The molecule has 1 aliphatic rings. The van der Waals surface area contributed by atoms with Crippen molar-refractivity contribution in [2.45, 2.75) is 37.3 Å². The molecule has 0 aliphatic heterocycles. The Morgan fingerprint density at radius 2 is 2.28 bits per heavy atom. The van der Waals surface area contributed by atoms with Crippen LogP contribution in [0.2, 0.25) is 0 Å². The Hall–Kier alpha value is -0.920. The van der Waals surface area contributed by atoms with E-state index in [4.69, 9.17) is 4.74 Å². The van der Waals surface area contributed by atoms with Gasteiger partial charge in [0.2, 0.25) is 0 Å². The second-order valence-electron chi connectivity index (χ2n) is 4.39. The summed E-state index contributed by atoms with van der Waals surface area (Å²) in [6.45, 7) is 2.73. The second-order valence-corrected chi connectivity index (χ2v) is 6.25. The summed E-state index contributed by atoms with van der Waals surface area (Å²) in [5, 5.41) is 0.183. The van der Waals surface area contributed by atoms with Crippen LogP contribution in [0.3, 0.4) is 0 Å². The highest BCUT2D eigenvalue weighted by Gasteiger charge is 2.38. The molecule has 1 saturated carbocycles. The third-order valence-electron chi connectivity index (χ3n) is 3.00. The molecule has 0 atom stereocenters. The number of methoxy groups -OCH3 is 1. The molecule has 0 radical (unpaired) electrons. The van der Waals surface area contributed by atoms with E-state index >= 15 is 0 Å². The fourth-order valence-electron chi connectivity index (χ4n) is 1.82. The van der Waals surface area contributed by atoms with Crippen LogP contribution in [-0.4, -0.2) is 49.0 Å². The summed E-state index contributed by atoms with van der Waals surface area (Å²) < 4.78 is 31.4. The standard InChI is InChI=1S/C11H19N3O3S/c1-3-10-12-8-11(13-10)18(15,16)14(6-7-17-2)9-4-5-9/h8-9H,3-7H2,1-2H3,(H,12,13). The third-order valence-corrected chi connectivity index (χ3v) is 4.86. The number of aryl methyl sites for hydroxylation is 1. The number of rotatable bonds is 7. The predicted molar refractivity (Wildman–Crippen MR) is 66.8 cm³/mol. The van der Waals surface area contributed by atoms with E-state index in [0.29, 0.717) is 25.4 Å².